The molecule has 0 aromatic heterocycles. The first-order valence-corrected chi connectivity index (χ1v) is 10.2. The highest BCUT2D eigenvalue weighted by Gasteiger charge is 2.30. The number of hydrogen-bond donors (Lipinski definition) is 4. The highest BCUT2D eigenvalue weighted by atomic mass is 16.5. The van der Waals surface area contributed by atoms with Crippen molar-refractivity contribution in [3.63, 3.8) is 0 Å². The lowest BCUT2D eigenvalue weighted by molar-refractivity contribution is -0.138. The van der Waals surface area contributed by atoms with Gasteiger partial charge < -0.3 is 25.6 Å². The normalized spacial score (nSPS) is 12.9. The molecular formula is C23H24N2O7. The number of fused-ring (bicyclic) bond motifs is 3. The highest BCUT2D eigenvalue weighted by molar-refractivity contribution is 5.86. The lowest BCUT2D eigenvalue weighted by atomic mass is 9.98. The van der Waals surface area contributed by atoms with Crippen LogP contribution in [0.15, 0.2) is 48.5 Å². The van der Waals surface area contributed by atoms with E-state index in [9.17, 15) is 19.2 Å². The molecule has 9 nitrogen and oxygen atoms in total. The third kappa shape index (κ3) is 5.63. The van der Waals surface area contributed by atoms with E-state index in [4.69, 9.17) is 14.9 Å². The Morgan fingerprint density at radius 1 is 0.875 bits per heavy atom. The molecule has 0 aliphatic heterocycles. The number of carboxylic acids is 2. The van der Waals surface area contributed by atoms with E-state index in [0.29, 0.717) is 0 Å². The second-order valence-electron chi connectivity index (χ2n) is 7.39. The fourth-order valence-corrected chi connectivity index (χ4v) is 3.73. The molecule has 0 unspecified atom stereocenters. The van der Waals surface area contributed by atoms with Crippen molar-refractivity contribution in [1.29, 1.82) is 0 Å². The van der Waals surface area contributed by atoms with Gasteiger partial charge >= 0.3 is 18.0 Å². The average Bonchev–Trinajstić information content (AvgIpc) is 3.08. The Hall–Kier alpha value is -3.88. The molecule has 2 aromatic carbocycles. The van der Waals surface area contributed by atoms with Crippen molar-refractivity contribution in [3.8, 4) is 11.1 Å². The molecule has 168 valence electrons. The summed E-state index contributed by atoms with van der Waals surface area (Å²) < 4.78 is 5.40. The van der Waals surface area contributed by atoms with Crippen molar-refractivity contribution >= 4 is 23.9 Å². The Morgan fingerprint density at radius 3 is 2.00 bits per heavy atom. The van der Waals surface area contributed by atoms with Crippen LogP contribution in [-0.2, 0) is 19.1 Å². The molecule has 2 amide bonds. The number of carboxylic acid groups (broad SMARTS) is 2. The van der Waals surface area contributed by atoms with Gasteiger partial charge in [-0.25, -0.2) is 4.79 Å². The number of ether oxygens (including phenoxy) is 1. The molecule has 0 saturated heterocycles. The summed E-state index contributed by atoms with van der Waals surface area (Å²) in [4.78, 5) is 46.2. The quantitative estimate of drug-likeness (QED) is 0.444. The van der Waals surface area contributed by atoms with Gasteiger partial charge in [-0.3, -0.25) is 14.4 Å². The minimum atomic E-state index is -1.16. The number of hydrogen-bond acceptors (Lipinski definition) is 5. The molecule has 9 heteroatoms. The van der Waals surface area contributed by atoms with Crippen LogP contribution < -0.4 is 10.6 Å². The van der Waals surface area contributed by atoms with E-state index in [-0.39, 0.29) is 38.3 Å². The molecule has 2 aromatic rings. The molecule has 0 radical (unpaired) electrons. The van der Waals surface area contributed by atoms with Gasteiger partial charge in [0.25, 0.3) is 0 Å². The Morgan fingerprint density at radius 2 is 1.44 bits per heavy atom. The zero-order valence-electron chi connectivity index (χ0n) is 17.2. The predicted molar refractivity (Wildman–Crippen MR) is 114 cm³/mol. The summed E-state index contributed by atoms with van der Waals surface area (Å²) in [6.45, 7) is -0.0871. The van der Waals surface area contributed by atoms with Gasteiger partial charge in [-0.2, -0.15) is 0 Å². The number of amides is 2. The molecule has 3 rings (SSSR count). The molecule has 0 fully saturated rings. The van der Waals surface area contributed by atoms with Gasteiger partial charge in [0.15, 0.2) is 0 Å². The molecule has 32 heavy (non-hydrogen) atoms. The van der Waals surface area contributed by atoms with E-state index >= 15 is 0 Å². The number of benzene rings is 2. The van der Waals surface area contributed by atoms with E-state index in [2.05, 4.69) is 10.6 Å². The Balaban J connectivity index is 1.63. The summed E-state index contributed by atoms with van der Waals surface area (Å²) in [5, 5.41) is 22.4. The van der Waals surface area contributed by atoms with E-state index in [1.807, 2.05) is 48.5 Å². The number of alkyl carbamates (subject to hydrolysis) is 1. The van der Waals surface area contributed by atoms with Crippen LogP contribution in [0.2, 0.25) is 0 Å². The average molecular weight is 440 g/mol. The zero-order valence-corrected chi connectivity index (χ0v) is 17.2. The van der Waals surface area contributed by atoms with Crippen molar-refractivity contribution in [2.24, 2.45) is 0 Å². The van der Waals surface area contributed by atoms with Crippen molar-refractivity contribution < 1.29 is 34.1 Å². The van der Waals surface area contributed by atoms with Crippen LogP contribution in [-0.4, -0.2) is 53.3 Å². The molecule has 0 saturated carbocycles. The summed E-state index contributed by atoms with van der Waals surface area (Å²) in [7, 11) is 0. The Bertz CT molecular complexity index is 975. The Kier molecular flexibility index (Phi) is 7.43. The van der Waals surface area contributed by atoms with Crippen LogP contribution in [0.3, 0.4) is 0 Å². The molecule has 4 N–H and O–H groups in total. The van der Waals surface area contributed by atoms with Crippen molar-refractivity contribution in [2.75, 3.05) is 13.2 Å². The number of nitrogens with one attached hydrogen (secondary N) is 2. The lowest BCUT2D eigenvalue weighted by Gasteiger charge is -2.19. The van der Waals surface area contributed by atoms with Gasteiger partial charge in [-0.15, -0.1) is 0 Å². The van der Waals surface area contributed by atoms with E-state index < -0.39 is 30.0 Å². The van der Waals surface area contributed by atoms with E-state index in [1.54, 1.807) is 0 Å². The number of carbonyl (C=O) groups is 4. The van der Waals surface area contributed by atoms with E-state index in [0.717, 1.165) is 22.3 Å². The largest absolute Gasteiger partial charge is 0.481 e. The summed E-state index contributed by atoms with van der Waals surface area (Å²) in [5.74, 6) is -3.03. The van der Waals surface area contributed by atoms with Gasteiger partial charge in [0.1, 0.15) is 12.6 Å². The molecule has 1 aliphatic rings. The molecule has 1 aliphatic carbocycles. The van der Waals surface area contributed by atoms with Crippen molar-refractivity contribution in [1.82, 2.24) is 10.6 Å². The first-order valence-electron chi connectivity index (χ1n) is 10.2. The van der Waals surface area contributed by atoms with Gasteiger partial charge in [0, 0.05) is 18.9 Å². The zero-order chi connectivity index (χ0) is 23.1. The monoisotopic (exact) mass is 440 g/mol. The van der Waals surface area contributed by atoms with Crippen LogP contribution >= 0.6 is 0 Å². The number of carbonyl (C=O) groups excluding carboxylic acids is 2. The molecule has 0 spiro atoms. The van der Waals surface area contributed by atoms with Gasteiger partial charge in [0.05, 0.1) is 6.42 Å². The standard InChI is InChI=1S/C23H24N2O7/c26-20(27)10-9-19(22(30)24-12-11-21(28)29)25-23(31)32-13-18-16-7-3-1-5-14(16)15-6-2-4-8-17(15)18/h1-8,18-19H,9-13H2,(H,24,30)(H,25,31)(H,26,27)(H,28,29)/t19-/m1/s1. The smallest absolute Gasteiger partial charge is 0.407 e. The third-order valence-corrected chi connectivity index (χ3v) is 5.24. The van der Waals surface area contributed by atoms with Gasteiger partial charge in [0.2, 0.25) is 5.91 Å². The van der Waals surface area contributed by atoms with Crippen LogP contribution in [0.25, 0.3) is 11.1 Å². The Labute approximate surface area is 184 Å². The van der Waals surface area contributed by atoms with Crippen LogP contribution in [0.5, 0.6) is 0 Å². The molecular weight excluding hydrogens is 416 g/mol. The minimum absolute atomic E-state index is 0.0478. The third-order valence-electron chi connectivity index (χ3n) is 5.24. The van der Waals surface area contributed by atoms with Crippen LogP contribution in [0.4, 0.5) is 4.79 Å². The second kappa shape index (κ2) is 10.4. The molecule has 0 heterocycles. The summed E-state index contributed by atoms with van der Waals surface area (Å²) in [6.07, 6.45) is -1.64. The number of rotatable bonds is 10. The fourth-order valence-electron chi connectivity index (χ4n) is 3.73. The molecule has 1 atom stereocenters. The maximum absolute atomic E-state index is 12.4. The lowest BCUT2D eigenvalue weighted by Crippen LogP contribution is -2.47. The van der Waals surface area contributed by atoms with Gasteiger partial charge in [-0.05, 0) is 28.7 Å². The maximum atomic E-state index is 12.4. The topological polar surface area (TPSA) is 142 Å². The second-order valence-corrected chi connectivity index (χ2v) is 7.39. The predicted octanol–water partition coefficient (Wildman–Crippen LogP) is 2.35. The van der Waals surface area contributed by atoms with Crippen LogP contribution in [0, 0.1) is 0 Å². The first kappa shape index (κ1) is 22.8. The highest BCUT2D eigenvalue weighted by Crippen LogP contribution is 2.44. The maximum Gasteiger partial charge on any atom is 0.407 e. The SMILES string of the molecule is O=C(O)CCNC(=O)[C@@H](CCC(=O)O)NC(=O)OCC1c2ccccc2-c2ccccc21. The summed E-state index contributed by atoms with van der Waals surface area (Å²) in [5.41, 5.74) is 4.23. The van der Waals surface area contributed by atoms with Gasteiger partial charge in [-0.1, -0.05) is 48.5 Å². The summed E-state index contributed by atoms with van der Waals surface area (Å²) >= 11 is 0. The molecule has 0 bridgehead atoms. The fraction of sp³-hybridized carbons (Fsp3) is 0.304. The van der Waals surface area contributed by atoms with Crippen molar-refractivity contribution in [2.45, 2.75) is 31.2 Å². The number of aliphatic carboxylic acids is 2. The first-order chi connectivity index (χ1) is 15.4. The minimum Gasteiger partial charge on any atom is -0.481 e. The van der Waals surface area contributed by atoms with Crippen molar-refractivity contribution in [3.05, 3.63) is 59.7 Å². The summed E-state index contributed by atoms with van der Waals surface area (Å²) in [6, 6.07) is 14.6. The van der Waals surface area contributed by atoms with Crippen LogP contribution in [0.1, 0.15) is 36.3 Å². The van der Waals surface area contributed by atoms with E-state index in [1.165, 1.54) is 0 Å².